The van der Waals surface area contributed by atoms with E-state index in [1.165, 1.54) is 31.4 Å². The van der Waals surface area contributed by atoms with Gasteiger partial charge in [-0.25, -0.2) is 0 Å². The molecule has 0 spiro atoms. The lowest BCUT2D eigenvalue weighted by molar-refractivity contribution is 0.315. The molecule has 0 aromatic heterocycles. The number of benzene rings is 1. The molecule has 128 valence electrons. The zero-order chi connectivity index (χ0) is 16.7. The minimum Gasteiger partial charge on any atom is -0.389 e. The predicted molar refractivity (Wildman–Crippen MR) is 103 cm³/mol. The van der Waals surface area contributed by atoms with Crippen molar-refractivity contribution in [3.63, 3.8) is 0 Å². The van der Waals surface area contributed by atoms with Crippen LogP contribution in [0.4, 0.5) is 5.69 Å². The van der Waals surface area contributed by atoms with Crippen LogP contribution in [0.15, 0.2) is 24.3 Å². The van der Waals surface area contributed by atoms with Crippen LogP contribution in [0.2, 0.25) is 0 Å². The number of hydrogen-bond donors (Lipinski definition) is 3. The van der Waals surface area contributed by atoms with Crippen LogP contribution < -0.4 is 21.7 Å². The molecule has 0 saturated heterocycles. The highest BCUT2D eigenvalue weighted by Gasteiger charge is 2.17. The highest BCUT2D eigenvalue weighted by Crippen LogP contribution is 2.22. The van der Waals surface area contributed by atoms with Gasteiger partial charge in [0.15, 0.2) is 0 Å². The standard InChI is InChI=1S/C18H30N4S/c1-22(17-9-5-15(6-10-17)18(20)23)12-2-11-21-13-14-3-7-16(19)8-4-14/h5-6,9-10,14,16,21H,2-4,7-8,11-13,19H2,1H3,(H2,20,23). The molecule has 5 heteroatoms. The van der Waals surface area contributed by atoms with Crippen molar-refractivity contribution in [2.24, 2.45) is 17.4 Å². The number of rotatable bonds is 8. The van der Waals surface area contributed by atoms with Crippen molar-refractivity contribution in [1.29, 1.82) is 0 Å². The maximum atomic E-state index is 5.95. The smallest absolute Gasteiger partial charge is 0.103 e. The van der Waals surface area contributed by atoms with Crippen LogP contribution in [0.5, 0.6) is 0 Å². The second-order valence-electron chi connectivity index (χ2n) is 6.67. The Labute approximate surface area is 145 Å². The lowest BCUT2D eigenvalue weighted by Crippen LogP contribution is -2.32. The Morgan fingerprint density at radius 3 is 2.48 bits per heavy atom. The summed E-state index contributed by atoms with van der Waals surface area (Å²) in [6, 6.07) is 8.57. The zero-order valence-electron chi connectivity index (χ0n) is 14.1. The second kappa shape index (κ2) is 9.21. The highest BCUT2D eigenvalue weighted by molar-refractivity contribution is 7.80. The lowest BCUT2D eigenvalue weighted by Gasteiger charge is -2.26. The molecule has 1 aliphatic rings. The number of thiocarbonyl (C=S) groups is 1. The van der Waals surface area contributed by atoms with Gasteiger partial charge in [-0.1, -0.05) is 12.2 Å². The van der Waals surface area contributed by atoms with E-state index in [9.17, 15) is 0 Å². The Kier molecular flexibility index (Phi) is 7.27. The molecule has 2 rings (SSSR count). The third-order valence-corrected chi connectivity index (χ3v) is 5.00. The minimum atomic E-state index is 0.444. The fraction of sp³-hybridized carbons (Fsp3) is 0.611. The van der Waals surface area contributed by atoms with Crippen LogP contribution in [-0.4, -0.2) is 37.7 Å². The third-order valence-electron chi connectivity index (χ3n) is 4.76. The van der Waals surface area contributed by atoms with Crippen LogP contribution in [0.1, 0.15) is 37.7 Å². The van der Waals surface area contributed by atoms with Crippen molar-refractivity contribution in [2.75, 3.05) is 31.6 Å². The highest BCUT2D eigenvalue weighted by atomic mass is 32.1. The van der Waals surface area contributed by atoms with Crippen molar-refractivity contribution in [3.05, 3.63) is 29.8 Å². The van der Waals surface area contributed by atoms with Gasteiger partial charge in [0.05, 0.1) is 0 Å². The molecule has 4 nitrogen and oxygen atoms in total. The summed E-state index contributed by atoms with van der Waals surface area (Å²) in [5.74, 6) is 0.820. The van der Waals surface area contributed by atoms with Crippen molar-refractivity contribution >= 4 is 22.9 Å². The first-order valence-electron chi connectivity index (χ1n) is 8.63. The fourth-order valence-corrected chi connectivity index (χ4v) is 3.29. The van der Waals surface area contributed by atoms with Crippen LogP contribution >= 0.6 is 12.2 Å². The monoisotopic (exact) mass is 334 g/mol. The van der Waals surface area contributed by atoms with Crippen molar-refractivity contribution < 1.29 is 0 Å². The van der Waals surface area contributed by atoms with Gasteiger partial charge in [0, 0.05) is 30.9 Å². The van der Waals surface area contributed by atoms with Crippen LogP contribution in [0.25, 0.3) is 0 Å². The van der Waals surface area contributed by atoms with Crippen molar-refractivity contribution in [3.8, 4) is 0 Å². The number of anilines is 1. The summed E-state index contributed by atoms with van der Waals surface area (Å²) in [4.78, 5) is 2.72. The molecule has 23 heavy (non-hydrogen) atoms. The topological polar surface area (TPSA) is 67.3 Å². The van der Waals surface area contributed by atoms with Gasteiger partial charge in [0.2, 0.25) is 0 Å². The summed E-state index contributed by atoms with van der Waals surface area (Å²) in [5, 5.41) is 3.60. The summed E-state index contributed by atoms with van der Waals surface area (Å²) in [6.07, 6.45) is 6.08. The third kappa shape index (κ3) is 6.09. The summed E-state index contributed by atoms with van der Waals surface area (Å²) in [6.45, 7) is 3.24. The minimum absolute atomic E-state index is 0.444. The second-order valence-corrected chi connectivity index (χ2v) is 7.11. The normalized spacial score (nSPS) is 21.1. The molecule has 1 aromatic rings. The molecule has 0 aliphatic heterocycles. The van der Waals surface area contributed by atoms with Gasteiger partial charge in [-0.3, -0.25) is 0 Å². The first-order chi connectivity index (χ1) is 11.1. The summed E-state index contributed by atoms with van der Waals surface area (Å²) in [5.41, 5.74) is 13.7. The van der Waals surface area contributed by atoms with Gasteiger partial charge < -0.3 is 21.7 Å². The van der Waals surface area contributed by atoms with Gasteiger partial charge in [0.25, 0.3) is 0 Å². The number of nitrogens with one attached hydrogen (secondary N) is 1. The van der Waals surface area contributed by atoms with E-state index < -0.39 is 0 Å². The molecule has 0 heterocycles. The zero-order valence-corrected chi connectivity index (χ0v) is 14.9. The first kappa shape index (κ1) is 18.2. The summed E-state index contributed by atoms with van der Waals surface area (Å²) < 4.78 is 0. The molecule has 0 atom stereocenters. The van der Waals surface area contributed by atoms with E-state index in [0.717, 1.165) is 37.5 Å². The van der Waals surface area contributed by atoms with Crippen LogP contribution in [0, 0.1) is 5.92 Å². The molecule has 0 unspecified atom stereocenters. The Bertz CT molecular complexity index is 480. The Morgan fingerprint density at radius 2 is 1.87 bits per heavy atom. The number of hydrogen-bond acceptors (Lipinski definition) is 4. The van der Waals surface area contributed by atoms with E-state index in [2.05, 4.69) is 29.4 Å². The SMILES string of the molecule is CN(CCCNCC1CCC(N)CC1)c1ccc(C(N)=S)cc1. The quantitative estimate of drug-likeness (QED) is 0.503. The molecule has 0 amide bonds. The predicted octanol–water partition coefficient (Wildman–Crippen LogP) is 2.25. The van der Waals surface area contributed by atoms with E-state index in [0.29, 0.717) is 11.0 Å². The van der Waals surface area contributed by atoms with Gasteiger partial charge in [-0.05, 0) is 75.4 Å². The molecule has 1 fully saturated rings. The summed E-state index contributed by atoms with van der Waals surface area (Å²) >= 11 is 4.98. The molecular weight excluding hydrogens is 304 g/mol. The fourth-order valence-electron chi connectivity index (χ4n) is 3.15. The molecule has 5 N–H and O–H groups in total. The number of nitrogens with zero attached hydrogens (tertiary/aromatic N) is 1. The van der Waals surface area contributed by atoms with Crippen molar-refractivity contribution in [1.82, 2.24) is 5.32 Å². The van der Waals surface area contributed by atoms with E-state index >= 15 is 0 Å². The van der Waals surface area contributed by atoms with Gasteiger partial charge in [-0.15, -0.1) is 0 Å². The maximum Gasteiger partial charge on any atom is 0.103 e. The molecule has 0 radical (unpaired) electrons. The Morgan fingerprint density at radius 1 is 1.22 bits per heavy atom. The van der Waals surface area contributed by atoms with Crippen LogP contribution in [0.3, 0.4) is 0 Å². The van der Waals surface area contributed by atoms with E-state index in [4.69, 9.17) is 23.7 Å². The van der Waals surface area contributed by atoms with Crippen molar-refractivity contribution in [2.45, 2.75) is 38.1 Å². The largest absolute Gasteiger partial charge is 0.389 e. The average molecular weight is 335 g/mol. The van der Waals surface area contributed by atoms with Crippen LogP contribution in [-0.2, 0) is 0 Å². The van der Waals surface area contributed by atoms with E-state index in [1.807, 2.05) is 12.1 Å². The van der Waals surface area contributed by atoms with E-state index in [-0.39, 0.29) is 0 Å². The number of nitrogens with two attached hydrogens (primary N) is 2. The summed E-state index contributed by atoms with van der Waals surface area (Å²) in [7, 11) is 2.12. The molecule has 1 aromatic carbocycles. The average Bonchev–Trinajstić information content (AvgIpc) is 2.56. The lowest BCUT2D eigenvalue weighted by atomic mass is 9.86. The Balaban J connectivity index is 1.61. The van der Waals surface area contributed by atoms with E-state index in [1.54, 1.807) is 0 Å². The molecule has 1 aliphatic carbocycles. The Hall–Kier alpha value is -1.17. The van der Waals surface area contributed by atoms with Gasteiger partial charge in [0.1, 0.15) is 4.99 Å². The van der Waals surface area contributed by atoms with Gasteiger partial charge in [-0.2, -0.15) is 0 Å². The maximum absolute atomic E-state index is 5.95. The first-order valence-corrected chi connectivity index (χ1v) is 9.04. The molecule has 1 saturated carbocycles. The van der Waals surface area contributed by atoms with Gasteiger partial charge >= 0.3 is 0 Å². The molecular formula is C18H30N4S. The molecule has 0 bridgehead atoms.